The molecule has 0 fully saturated rings. The topological polar surface area (TPSA) is 44.0 Å². The highest BCUT2D eigenvalue weighted by atomic mass is 127. The van der Waals surface area contributed by atoms with Gasteiger partial charge >= 0.3 is 5.69 Å². The summed E-state index contributed by atoms with van der Waals surface area (Å²) in [6.45, 7) is 2.54. The molecule has 1 heterocycles. The first-order chi connectivity index (χ1) is 9.95. The lowest BCUT2D eigenvalue weighted by atomic mass is 10.2. The molecule has 0 aliphatic rings. The Morgan fingerprint density at radius 1 is 1.33 bits per heavy atom. The lowest BCUT2D eigenvalue weighted by Gasteiger charge is -2.11. The van der Waals surface area contributed by atoms with Crippen LogP contribution in [0.1, 0.15) is 18.9 Å². The van der Waals surface area contributed by atoms with E-state index in [1.54, 1.807) is 18.3 Å². The molecule has 0 spiro atoms. The molecule has 21 heavy (non-hydrogen) atoms. The fraction of sp³-hybridized carbons (Fsp3) is 0.286. The molecule has 112 valence electrons. The van der Waals surface area contributed by atoms with E-state index < -0.39 is 5.82 Å². The molecule has 7 heteroatoms. The maximum Gasteiger partial charge on any atom is 0.331 e. The average Bonchev–Trinajstić information content (AvgIpc) is 2.45. The average molecular weight is 467 g/mol. The van der Waals surface area contributed by atoms with Crippen LogP contribution in [0.4, 0.5) is 4.39 Å². The molecule has 1 aromatic heterocycles. The molecule has 0 saturated carbocycles. The van der Waals surface area contributed by atoms with Crippen LogP contribution in [-0.2, 0) is 13.1 Å². The van der Waals surface area contributed by atoms with E-state index >= 15 is 0 Å². The Bertz CT molecular complexity index is 786. The van der Waals surface area contributed by atoms with Crippen molar-refractivity contribution >= 4 is 38.5 Å². The minimum atomic E-state index is -0.417. The summed E-state index contributed by atoms with van der Waals surface area (Å²) in [6, 6.07) is 4.56. The first kappa shape index (κ1) is 16.4. The summed E-state index contributed by atoms with van der Waals surface area (Å²) in [5.41, 5.74) is -0.179. The van der Waals surface area contributed by atoms with E-state index in [-0.39, 0.29) is 22.3 Å². The first-order valence-electron chi connectivity index (χ1n) is 6.38. The van der Waals surface area contributed by atoms with Gasteiger partial charge in [-0.05, 0) is 56.6 Å². The van der Waals surface area contributed by atoms with Crippen molar-refractivity contribution in [2.45, 2.75) is 26.4 Å². The molecular weight excluding hydrogens is 454 g/mol. The zero-order valence-corrected chi connectivity index (χ0v) is 15.0. The van der Waals surface area contributed by atoms with E-state index in [4.69, 9.17) is 0 Å². The third-order valence-corrected chi connectivity index (χ3v) is 4.65. The van der Waals surface area contributed by atoms with Crippen LogP contribution in [-0.4, -0.2) is 9.13 Å². The smallest absolute Gasteiger partial charge is 0.299 e. The molecule has 0 aliphatic heterocycles. The van der Waals surface area contributed by atoms with Crippen LogP contribution in [0.25, 0.3) is 0 Å². The predicted octanol–water partition coefficient (Wildman–Crippen LogP) is 2.97. The van der Waals surface area contributed by atoms with E-state index in [1.165, 1.54) is 10.6 Å². The number of aromatic nitrogens is 2. The van der Waals surface area contributed by atoms with Gasteiger partial charge in [0.25, 0.3) is 5.56 Å². The van der Waals surface area contributed by atoms with Gasteiger partial charge in [-0.2, -0.15) is 0 Å². The maximum atomic E-state index is 13.5. The van der Waals surface area contributed by atoms with Crippen molar-refractivity contribution in [3.05, 3.63) is 64.7 Å². The van der Waals surface area contributed by atoms with Crippen molar-refractivity contribution in [2.24, 2.45) is 0 Å². The summed E-state index contributed by atoms with van der Waals surface area (Å²) in [7, 11) is 0. The molecule has 0 radical (unpaired) electrons. The zero-order valence-electron chi connectivity index (χ0n) is 11.3. The molecular formula is C14H13BrFIN2O2. The van der Waals surface area contributed by atoms with Gasteiger partial charge in [0, 0.05) is 12.7 Å². The summed E-state index contributed by atoms with van der Waals surface area (Å²) in [4.78, 5) is 24.5. The van der Waals surface area contributed by atoms with E-state index in [9.17, 15) is 14.0 Å². The highest BCUT2D eigenvalue weighted by Gasteiger charge is 2.12. The van der Waals surface area contributed by atoms with Crippen LogP contribution < -0.4 is 11.2 Å². The van der Waals surface area contributed by atoms with Gasteiger partial charge in [0.15, 0.2) is 0 Å². The normalized spacial score (nSPS) is 10.9. The number of aryl methyl sites for hydroxylation is 1. The second-order valence-corrected chi connectivity index (χ2v) is 6.51. The third-order valence-electron chi connectivity index (χ3n) is 3.02. The van der Waals surface area contributed by atoms with Gasteiger partial charge in [-0.15, -0.1) is 0 Å². The van der Waals surface area contributed by atoms with Gasteiger partial charge in [0.1, 0.15) is 5.82 Å². The SMILES string of the molecule is CCCn1cc(I)c(=O)n(Cc2cccc(F)c2Br)c1=O. The third kappa shape index (κ3) is 3.45. The molecule has 1 aromatic carbocycles. The summed E-state index contributed by atoms with van der Waals surface area (Å²) in [6.07, 6.45) is 2.35. The van der Waals surface area contributed by atoms with Crippen molar-refractivity contribution in [1.82, 2.24) is 9.13 Å². The van der Waals surface area contributed by atoms with E-state index in [0.29, 0.717) is 15.7 Å². The van der Waals surface area contributed by atoms with Crippen LogP contribution in [0, 0.1) is 9.39 Å². The summed E-state index contributed by atoms with van der Waals surface area (Å²) in [5.74, 6) is -0.417. The molecule has 4 nitrogen and oxygen atoms in total. The van der Waals surface area contributed by atoms with Crippen LogP contribution in [0.5, 0.6) is 0 Å². The van der Waals surface area contributed by atoms with Gasteiger partial charge in [-0.1, -0.05) is 19.1 Å². The second-order valence-electron chi connectivity index (χ2n) is 4.56. The number of nitrogens with zero attached hydrogens (tertiary/aromatic N) is 2. The van der Waals surface area contributed by atoms with Gasteiger partial charge in [0.05, 0.1) is 14.6 Å². The second kappa shape index (κ2) is 6.87. The van der Waals surface area contributed by atoms with E-state index in [1.807, 2.05) is 29.5 Å². The number of rotatable bonds is 4. The number of hydrogen-bond donors (Lipinski definition) is 0. The molecule has 0 atom stereocenters. The fourth-order valence-electron chi connectivity index (χ4n) is 2.00. The summed E-state index contributed by atoms with van der Waals surface area (Å²) >= 11 is 5.06. The Morgan fingerprint density at radius 3 is 2.71 bits per heavy atom. The van der Waals surface area contributed by atoms with Crippen molar-refractivity contribution in [3.8, 4) is 0 Å². The Labute approximate surface area is 142 Å². The van der Waals surface area contributed by atoms with Gasteiger partial charge < -0.3 is 0 Å². The lowest BCUT2D eigenvalue weighted by molar-refractivity contribution is 0.562. The molecule has 2 aromatic rings. The van der Waals surface area contributed by atoms with Crippen LogP contribution >= 0.6 is 38.5 Å². The summed E-state index contributed by atoms with van der Waals surface area (Å²) in [5, 5.41) is 0. The van der Waals surface area contributed by atoms with Crippen LogP contribution in [0.15, 0.2) is 38.5 Å². The van der Waals surface area contributed by atoms with Crippen molar-refractivity contribution in [2.75, 3.05) is 0 Å². The minimum absolute atomic E-state index is 0.0383. The largest absolute Gasteiger partial charge is 0.331 e. The molecule has 0 unspecified atom stereocenters. The minimum Gasteiger partial charge on any atom is -0.299 e. The quantitative estimate of drug-likeness (QED) is 0.650. The standard InChI is InChI=1S/C14H13BrFIN2O2/c1-2-6-18-8-11(17)13(20)19(14(18)21)7-9-4-3-5-10(16)12(9)15/h3-5,8H,2,6-7H2,1H3. The van der Waals surface area contributed by atoms with Gasteiger partial charge in [0.2, 0.25) is 0 Å². The molecule has 0 bridgehead atoms. The van der Waals surface area contributed by atoms with Crippen LogP contribution in [0.2, 0.25) is 0 Å². The van der Waals surface area contributed by atoms with Crippen LogP contribution in [0.3, 0.4) is 0 Å². The Hall–Kier alpha value is -0.960. The monoisotopic (exact) mass is 466 g/mol. The van der Waals surface area contributed by atoms with Crippen molar-refractivity contribution < 1.29 is 4.39 Å². The van der Waals surface area contributed by atoms with E-state index in [0.717, 1.165) is 11.0 Å². The number of hydrogen-bond acceptors (Lipinski definition) is 2. The van der Waals surface area contributed by atoms with Gasteiger partial charge in [-0.3, -0.25) is 13.9 Å². The first-order valence-corrected chi connectivity index (χ1v) is 8.25. The highest BCUT2D eigenvalue weighted by molar-refractivity contribution is 14.1. The predicted molar refractivity (Wildman–Crippen MR) is 91.2 cm³/mol. The highest BCUT2D eigenvalue weighted by Crippen LogP contribution is 2.20. The summed E-state index contributed by atoms with van der Waals surface area (Å²) < 4.78 is 16.9. The fourth-order valence-corrected chi connectivity index (χ4v) is 3.02. The maximum absolute atomic E-state index is 13.5. The molecule has 0 amide bonds. The molecule has 0 N–H and O–H groups in total. The van der Waals surface area contributed by atoms with Crippen molar-refractivity contribution in [3.63, 3.8) is 0 Å². The Balaban J connectivity index is 2.56. The molecule has 0 saturated heterocycles. The lowest BCUT2D eigenvalue weighted by Crippen LogP contribution is -2.41. The van der Waals surface area contributed by atoms with Crippen molar-refractivity contribution in [1.29, 1.82) is 0 Å². The Morgan fingerprint density at radius 2 is 2.05 bits per heavy atom. The molecule has 2 rings (SSSR count). The Kier molecular flexibility index (Phi) is 5.37. The van der Waals surface area contributed by atoms with Gasteiger partial charge in [-0.25, -0.2) is 9.18 Å². The van der Waals surface area contributed by atoms with E-state index in [2.05, 4.69) is 15.9 Å². The zero-order chi connectivity index (χ0) is 15.6. The number of halogens is 3. The number of benzene rings is 1. The molecule has 0 aliphatic carbocycles.